The van der Waals surface area contributed by atoms with Crippen LogP contribution in [0, 0.1) is 0 Å². The quantitative estimate of drug-likeness (QED) is 0.871. The topological polar surface area (TPSA) is 66.5 Å². The van der Waals surface area contributed by atoms with E-state index in [1.807, 2.05) is 30.3 Å². The number of fused-ring (bicyclic) bond motifs is 1. The summed E-state index contributed by atoms with van der Waals surface area (Å²) >= 11 is 1.64. The van der Waals surface area contributed by atoms with Crippen molar-refractivity contribution in [2.75, 3.05) is 23.7 Å². The molecular formula is C18H20N2O3S2. The second-order valence-corrected chi connectivity index (χ2v) is 8.69. The molecule has 0 saturated carbocycles. The molecular weight excluding hydrogens is 356 g/mol. The molecule has 0 saturated heterocycles. The van der Waals surface area contributed by atoms with Gasteiger partial charge in [0.15, 0.2) is 0 Å². The molecule has 0 spiro atoms. The number of carbonyl (C=O) groups is 1. The van der Waals surface area contributed by atoms with Crippen LogP contribution in [-0.2, 0) is 21.2 Å². The van der Waals surface area contributed by atoms with E-state index in [9.17, 15) is 13.2 Å². The van der Waals surface area contributed by atoms with Gasteiger partial charge < -0.3 is 4.90 Å². The number of amides is 1. The Balaban J connectivity index is 1.76. The zero-order chi connectivity index (χ0) is 17.9. The highest BCUT2D eigenvalue weighted by Gasteiger charge is 2.23. The Hall–Kier alpha value is -1.83. The molecule has 25 heavy (non-hydrogen) atoms. The van der Waals surface area contributed by atoms with Gasteiger partial charge in [-0.15, -0.1) is 11.8 Å². The molecule has 3 rings (SSSR count). The van der Waals surface area contributed by atoms with Gasteiger partial charge >= 0.3 is 0 Å². The van der Waals surface area contributed by atoms with Gasteiger partial charge in [0.2, 0.25) is 15.9 Å². The Morgan fingerprint density at radius 3 is 2.68 bits per heavy atom. The van der Waals surface area contributed by atoms with Gasteiger partial charge in [0, 0.05) is 30.7 Å². The van der Waals surface area contributed by atoms with Crippen molar-refractivity contribution in [1.82, 2.24) is 4.72 Å². The van der Waals surface area contributed by atoms with Crippen molar-refractivity contribution in [2.45, 2.75) is 23.1 Å². The van der Waals surface area contributed by atoms with Crippen LogP contribution >= 0.6 is 11.8 Å². The van der Waals surface area contributed by atoms with Crippen molar-refractivity contribution in [3.8, 4) is 0 Å². The van der Waals surface area contributed by atoms with E-state index in [0.717, 1.165) is 16.2 Å². The lowest BCUT2D eigenvalue weighted by molar-refractivity contribution is -0.116. The summed E-state index contributed by atoms with van der Waals surface area (Å²) in [6, 6.07) is 14.7. The van der Waals surface area contributed by atoms with Crippen LogP contribution < -0.4 is 9.62 Å². The maximum absolute atomic E-state index is 12.6. The molecule has 0 radical (unpaired) electrons. The van der Waals surface area contributed by atoms with E-state index in [1.165, 1.54) is 6.92 Å². The van der Waals surface area contributed by atoms with Gasteiger partial charge in [0.1, 0.15) is 0 Å². The number of nitrogens with zero attached hydrogens (tertiary/aromatic N) is 1. The molecule has 0 aromatic heterocycles. The molecule has 0 aliphatic carbocycles. The first-order valence-corrected chi connectivity index (χ1v) is 10.5. The third kappa shape index (κ3) is 4.23. The van der Waals surface area contributed by atoms with E-state index in [0.29, 0.717) is 25.2 Å². The highest BCUT2D eigenvalue weighted by Crippen LogP contribution is 2.36. The number of nitrogens with one attached hydrogen (secondary N) is 1. The van der Waals surface area contributed by atoms with E-state index < -0.39 is 10.0 Å². The molecule has 0 fully saturated rings. The zero-order valence-electron chi connectivity index (χ0n) is 13.9. The third-order valence-corrected chi connectivity index (χ3v) is 6.53. The molecule has 0 unspecified atom stereocenters. The number of thioether (sulfide) groups is 1. The largest absolute Gasteiger partial charge is 0.311 e. The molecule has 1 N–H and O–H groups in total. The number of anilines is 1. The Morgan fingerprint density at radius 1 is 1.20 bits per heavy atom. The molecule has 2 aromatic rings. The molecule has 0 atom stereocenters. The van der Waals surface area contributed by atoms with Crippen LogP contribution in [0.15, 0.2) is 58.3 Å². The lowest BCUT2D eigenvalue weighted by Gasteiger charge is -2.28. The van der Waals surface area contributed by atoms with Crippen molar-refractivity contribution in [3.05, 3.63) is 54.1 Å². The van der Waals surface area contributed by atoms with Crippen LogP contribution in [-0.4, -0.2) is 33.2 Å². The molecule has 2 aromatic carbocycles. The van der Waals surface area contributed by atoms with E-state index in [-0.39, 0.29) is 10.8 Å². The van der Waals surface area contributed by atoms with Gasteiger partial charge in [0.05, 0.1) is 10.6 Å². The Labute approximate surface area is 152 Å². The highest BCUT2D eigenvalue weighted by atomic mass is 32.2. The Bertz CT molecular complexity index is 867. The molecule has 1 amide bonds. The number of sulfonamides is 1. The summed E-state index contributed by atoms with van der Waals surface area (Å²) in [4.78, 5) is 14.6. The average Bonchev–Trinajstić information content (AvgIpc) is 2.61. The van der Waals surface area contributed by atoms with Crippen molar-refractivity contribution >= 4 is 33.4 Å². The number of benzene rings is 2. The fourth-order valence-electron chi connectivity index (χ4n) is 2.75. The Morgan fingerprint density at radius 2 is 1.96 bits per heavy atom. The first kappa shape index (κ1) is 18.0. The molecule has 1 heterocycles. The summed E-state index contributed by atoms with van der Waals surface area (Å²) in [6.45, 7) is 2.42. The number of rotatable bonds is 5. The number of hydrogen-bond acceptors (Lipinski definition) is 4. The fraction of sp³-hybridized carbons (Fsp3) is 0.278. The number of hydrogen-bond donors (Lipinski definition) is 1. The van der Waals surface area contributed by atoms with Gasteiger partial charge in [-0.3, -0.25) is 4.79 Å². The second kappa shape index (κ2) is 7.59. The fourth-order valence-corrected chi connectivity index (χ4v) is 4.78. The minimum Gasteiger partial charge on any atom is -0.311 e. The van der Waals surface area contributed by atoms with Crippen LogP contribution in [0.25, 0.3) is 0 Å². The van der Waals surface area contributed by atoms with Gasteiger partial charge in [-0.1, -0.05) is 30.3 Å². The van der Waals surface area contributed by atoms with Gasteiger partial charge in [-0.25, -0.2) is 13.1 Å². The second-order valence-electron chi connectivity index (χ2n) is 5.78. The first-order valence-electron chi connectivity index (χ1n) is 8.06. The van der Waals surface area contributed by atoms with Gasteiger partial charge in [-0.05, 0) is 30.2 Å². The number of carbonyl (C=O) groups excluding carboxylic acids is 1. The summed E-state index contributed by atoms with van der Waals surface area (Å²) in [7, 11) is -3.61. The predicted molar refractivity (Wildman–Crippen MR) is 101 cm³/mol. The van der Waals surface area contributed by atoms with E-state index in [1.54, 1.807) is 34.9 Å². The Kier molecular flexibility index (Phi) is 5.46. The smallest absolute Gasteiger partial charge is 0.240 e. The predicted octanol–water partition coefficient (Wildman–Crippen LogP) is 2.67. The lowest BCUT2D eigenvalue weighted by Crippen LogP contribution is -2.34. The maximum atomic E-state index is 12.6. The molecule has 5 nitrogen and oxygen atoms in total. The average molecular weight is 377 g/mol. The molecule has 132 valence electrons. The lowest BCUT2D eigenvalue weighted by atomic mass is 10.2. The van der Waals surface area contributed by atoms with Crippen LogP contribution in [0.5, 0.6) is 0 Å². The highest BCUT2D eigenvalue weighted by molar-refractivity contribution is 7.99. The minimum atomic E-state index is -3.61. The summed E-state index contributed by atoms with van der Waals surface area (Å²) in [5, 5.41) is 0. The monoisotopic (exact) mass is 376 g/mol. The summed E-state index contributed by atoms with van der Waals surface area (Å²) in [5.41, 5.74) is 1.75. The normalized spacial score (nSPS) is 14.2. The van der Waals surface area contributed by atoms with Gasteiger partial charge in [-0.2, -0.15) is 0 Å². The minimum absolute atomic E-state index is 0.0758. The molecule has 0 bridgehead atoms. The van der Waals surface area contributed by atoms with Crippen molar-refractivity contribution < 1.29 is 13.2 Å². The summed E-state index contributed by atoms with van der Waals surface area (Å²) in [6.07, 6.45) is 0.625. The maximum Gasteiger partial charge on any atom is 0.240 e. The van der Waals surface area contributed by atoms with Crippen molar-refractivity contribution in [3.63, 3.8) is 0 Å². The first-order chi connectivity index (χ1) is 12.0. The zero-order valence-corrected chi connectivity index (χ0v) is 15.6. The third-order valence-electron chi connectivity index (χ3n) is 4.03. The van der Waals surface area contributed by atoms with E-state index in [4.69, 9.17) is 0 Å². The van der Waals surface area contributed by atoms with E-state index in [2.05, 4.69) is 4.72 Å². The standard InChI is InChI=1S/C18H20N2O3S2/c1-14(21)20-11-12-24-18-8-7-16(13-17(18)20)25(22,23)19-10-9-15-5-3-2-4-6-15/h2-8,13,19H,9-12H2,1H3. The van der Waals surface area contributed by atoms with Crippen molar-refractivity contribution in [1.29, 1.82) is 0 Å². The van der Waals surface area contributed by atoms with Crippen molar-refractivity contribution in [2.24, 2.45) is 0 Å². The molecule has 1 aliphatic heterocycles. The summed E-state index contributed by atoms with van der Waals surface area (Å²) < 4.78 is 27.8. The van der Waals surface area contributed by atoms with Crippen LogP contribution in [0.1, 0.15) is 12.5 Å². The van der Waals surface area contributed by atoms with Crippen LogP contribution in [0.3, 0.4) is 0 Å². The SMILES string of the molecule is CC(=O)N1CCSc2ccc(S(=O)(=O)NCCc3ccccc3)cc21. The molecule has 7 heteroatoms. The molecule has 1 aliphatic rings. The van der Waals surface area contributed by atoms with Crippen LogP contribution in [0.4, 0.5) is 5.69 Å². The van der Waals surface area contributed by atoms with Crippen LogP contribution in [0.2, 0.25) is 0 Å². The van der Waals surface area contributed by atoms with E-state index >= 15 is 0 Å². The van der Waals surface area contributed by atoms with Gasteiger partial charge in [0.25, 0.3) is 0 Å². The summed E-state index contributed by atoms with van der Waals surface area (Å²) in [5.74, 6) is 0.738.